The van der Waals surface area contributed by atoms with Gasteiger partial charge >= 0.3 is 5.97 Å². The molecule has 1 heterocycles. The number of dihydropyridines is 1. The minimum absolute atomic E-state index is 0.0175. The second-order valence-corrected chi connectivity index (χ2v) is 9.02. The topological polar surface area (TPSA) is 92.3 Å². The summed E-state index contributed by atoms with van der Waals surface area (Å²) in [5.74, 6) is 0.162. The van der Waals surface area contributed by atoms with E-state index in [4.69, 9.17) is 23.7 Å². The molecule has 2 atom stereocenters. The first-order valence-corrected chi connectivity index (χ1v) is 12.2. The second-order valence-electron chi connectivity index (χ2n) is 9.02. The molecule has 8 heteroatoms. The van der Waals surface area contributed by atoms with E-state index in [2.05, 4.69) is 5.32 Å². The SMILES string of the molecule is COCCOC(=O)C1=C(C)NC2=C(C(=O)C[C@H](c3ccccc3)C2)[C@@H]1c1cc(OC)c(OC)c(OC)c1. The Hall–Kier alpha value is -3.78. The van der Waals surface area contributed by atoms with Crippen LogP contribution in [0.4, 0.5) is 0 Å². The molecule has 8 nitrogen and oxygen atoms in total. The average Bonchev–Trinajstić information content (AvgIpc) is 2.91. The van der Waals surface area contributed by atoms with Crippen LogP contribution < -0.4 is 19.5 Å². The minimum atomic E-state index is -0.663. The third-order valence-electron chi connectivity index (χ3n) is 6.86. The summed E-state index contributed by atoms with van der Waals surface area (Å²) >= 11 is 0. The predicted molar refractivity (Wildman–Crippen MR) is 138 cm³/mol. The summed E-state index contributed by atoms with van der Waals surface area (Å²) in [5, 5.41) is 3.37. The first-order valence-electron chi connectivity index (χ1n) is 12.2. The molecule has 0 bridgehead atoms. The van der Waals surface area contributed by atoms with E-state index in [-0.39, 0.29) is 24.9 Å². The zero-order valence-corrected chi connectivity index (χ0v) is 21.9. The van der Waals surface area contributed by atoms with Crippen LogP contribution in [-0.4, -0.2) is 53.4 Å². The van der Waals surface area contributed by atoms with E-state index in [1.54, 1.807) is 19.2 Å². The first-order chi connectivity index (χ1) is 17.9. The molecule has 0 unspecified atom stereocenters. The second kappa shape index (κ2) is 11.5. The van der Waals surface area contributed by atoms with Crippen LogP contribution in [0.15, 0.2) is 65.0 Å². The van der Waals surface area contributed by atoms with Gasteiger partial charge in [0.2, 0.25) is 5.75 Å². The molecule has 0 saturated heterocycles. The van der Waals surface area contributed by atoms with Crippen molar-refractivity contribution in [3.63, 3.8) is 0 Å². The molecular weight excluding hydrogens is 474 g/mol. The normalized spacial score (nSPS) is 19.2. The van der Waals surface area contributed by atoms with E-state index in [9.17, 15) is 9.59 Å². The highest BCUT2D eigenvalue weighted by atomic mass is 16.6. The van der Waals surface area contributed by atoms with Gasteiger partial charge in [-0.1, -0.05) is 30.3 Å². The molecule has 0 fully saturated rings. The Labute approximate surface area is 217 Å². The molecule has 2 aromatic carbocycles. The van der Waals surface area contributed by atoms with Crippen molar-refractivity contribution in [3.8, 4) is 17.2 Å². The van der Waals surface area contributed by atoms with Crippen molar-refractivity contribution in [1.29, 1.82) is 0 Å². The van der Waals surface area contributed by atoms with Gasteiger partial charge in [-0.05, 0) is 42.5 Å². The molecule has 37 heavy (non-hydrogen) atoms. The lowest BCUT2D eigenvalue weighted by molar-refractivity contribution is -0.140. The van der Waals surface area contributed by atoms with Crippen molar-refractivity contribution in [1.82, 2.24) is 5.32 Å². The van der Waals surface area contributed by atoms with Crippen LogP contribution in [0, 0.1) is 0 Å². The standard InChI is InChI=1S/C29H33NO7/c1-17-25(29(32)37-12-11-33-2)26(20-15-23(34-3)28(36-5)24(16-20)35-4)27-21(30-17)13-19(14-22(27)31)18-9-7-6-8-10-18/h6-10,15-16,19,26,30H,11-14H2,1-5H3/t19-,26-/m1/s1. The van der Waals surface area contributed by atoms with Gasteiger partial charge in [-0.25, -0.2) is 4.79 Å². The van der Waals surface area contributed by atoms with E-state index >= 15 is 0 Å². The summed E-state index contributed by atoms with van der Waals surface area (Å²) in [6.45, 7) is 2.20. The zero-order chi connectivity index (χ0) is 26.5. The minimum Gasteiger partial charge on any atom is -0.493 e. The number of Topliss-reactive ketones (excluding diaryl/α,β-unsaturated/α-hetero) is 1. The van der Waals surface area contributed by atoms with Crippen molar-refractivity contribution >= 4 is 11.8 Å². The van der Waals surface area contributed by atoms with Crippen LogP contribution in [0.1, 0.15) is 42.7 Å². The Morgan fingerprint density at radius 3 is 2.19 bits per heavy atom. The number of allylic oxidation sites excluding steroid dienone is 3. The number of carbonyl (C=O) groups is 2. The third-order valence-corrected chi connectivity index (χ3v) is 6.86. The van der Waals surface area contributed by atoms with Gasteiger partial charge in [0.05, 0.1) is 33.5 Å². The quantitative estimate of drug-likeness (QED) is 0.398. The Kier molecular flexibility index (Phi) is 8.18. The highest BCUT2D eigenvalue weighted by Gasteiger charge is 2.42. The number of hydrogen-bond acceptors (Lipinski definition) is 8. The van der Waals surface area contributed by atoms with Crippen molar-refractivity contribution in [2.45, 2.75) is 31.6 Å². The number of ether oxygens (including phenoxy) is 5. The molecule has 196 valence electrons. The van der Waals surface area contributed by atoms with Gasteiger partial charge in [-0.3, -0.25) is 4.79 Å². The number of benzene rings is 2. The molecule has 2 aromatic rings. The summed E-state index contributed by atoms with van der Waals surface area (Å²) in [5.41, 5.74) is 4.17. The smallest absolute Gasteiger partial charge is 0.336 e. The number of carbonyl (C=O) groups excluding carboxylic acids is 2. The lowest BCUT2D eigenvalue weighted by Gasteiger charge is -2.37. The van der Waals surface area contributed by atoms with Crippen molar-refractivity contribution in [3.05, 3.63) is 76.1 Å². The van der Waals surface area contributed by atoms with E-state index in [0.717, 1.165) is 11.3 Å². The molecule has 0 amide bonds. The fourth-order valence-corrected chi connectivity index (χ4v) is 5.17. The molecule has 0 saturated carbocycles. The maximum atomic E-state index is 13.8. The molecule has 0 spiro atoms. The number of hydrogen-bond donors (Lipinski definition) is 1. The summed E-state index contributed by atoms with van der Waals surface area (Å²) in [6.07, 6.45) is 0.992. The highest BCUT2D eigenvalue weighted by Crippen LogP contribution is 2.49. The zero-order valence-electron chi connectivity index (χ0n) is 21.9. The molecule has 2 aliphatic rings. The molecule has 1 aliphatic carbocycles. The first kappa shape index (κ1) is 26.3. The van der Waals surface area contributed by atoms with Crippen LogP contribution in [0.2, 0.25) is 0 Å². The van der Waals surface area contributed by atoms with Crippen molar-refractivity contribution in [2.75, 3.05) is 41.7 Å². The average molecular weight is 508 g/mol. The maximum Gasteiger partial charge on any atom is 0.336 e. The summed E-state index contributed by atoms with van der Waals surface area (Å²) in [4.78, 5) is 27.2. The van der Waals surface area contributed by atoms with Crippen LogP contribution >= 0.6 is 0 Å². The van der Waals surface area contributed by atoms with E-state index in [0.29, 0.717) is 52.5 Å². The van der Waals surface area contributed by atoms with Gasteiger partial charge < -0.3 is 29.0 Å². The molecule has 1 N–H and O–H groups in total. The van der Waals surface area contributed by atoms with Crippen molar-refractivity contribution in [2.24, 2.45) is 0 Å². The number of rotatable bonds is 9. The molecule has 0 aromatic heterocycles. The maximum absolute atomic E-state index is 13.8. The van der Waals surface area contributed by atoms with E-state index < -0.39 is 11.9 Å². The molecular formula is C29H33NO7. The van der Waals surface area contributed by atoms with Crippen LogP contribution in [0.5, 0.6) is 17.2 Å². The fraction of sp³-hybridized carbons (Fsp3) is 0.379. The fourth-order valence-electron chi connectivity index (χ4n) is 5.17. The van der Waals surface area contributed by atoms with Gasteiger partial charge in [-0.15, -0.1) is 0 Å². The summed E-state index contributed by atoms with van der Waals surface area (Å²) < 4.78 is 27.2. The summed E-state index contributed by atoms with van der Waals surface area (Å²) in [7, 11) is 6.14. The number of ketones is 1. The molecule has 4 rings (SSSR count). The Morgan fingerprint density at radius 1 is 0.919 bits per heavy atom. The number of methoxy groups -OCH3 is 4. The molecule has 0 radical (unpaired) electrons. The monoisotopic (exact) mass is 507 g/mol. The lowest BCUT2D eigenvalue weighted by atomic mass is 9.71. The Bertz CT molecular complexity index is 1210. The lowest BCUT2D eigenvalue weighted by Crippen LogP contribution is -2.36. The largest absolute Gasteiger partial charge is 0.493 e. The van der Waals surface area contributed by atoms with Crippen LogP contribution in [0.25, 0.3) is 0 Å². The van der Waals surface area contributed by atoms with Gasteiger partial charge in [0, 0.05) is 36.4 Å². The van der Waals surface area contributed by atoms with Crippen LogP contribution in [0.3, 0.4) is 0 Å². The van der Waals surface area contributed by atoms with Gasteiger partial charge in [-0.2, -0.15) is 0 Å². The van der Waals surface area contributed by atoms with Gasteiger partial charge in [0.15, 0.2) is 17.3 Å². The van der Waals surface area contributed by atoms with Crippen LogP contribution in [-0.2, 0) is 19.1 Å². The van der Waals surface area contributed by atoms with E-state index in [1.165, 1.54) is 21.3 Å². The van der Waals surface area contributed by atoms with Crippen molar-refractivity contribution < 1.29 is 33.3 Å². The van der Waals surface area contributed by atoms with E-state index in [1.807, 2.05) is 37.3 Å². The predicted octanol–water partition coefficient (Wildman–Crippen LogP) is 4.26. The Balaban J connectivity index is 1.85. The number of nitrogens with one attached hydrogen (secondary N) is 1. The highest BCUT2D eigenvalue weighted by molar-refractivity contribution is 6.04. The summed E-state index contributed by atoms with van der Waals surface area (Å²) in [6, 6.07) is 13.6. The Morgan fingerprint density at radius 2 is 1.59 bits per heavy atom. The third kappa shape index (κ3) is 5.20. The van der Waals surface area contributed by atoms with Gasteiger partial charge in [0.1, 0.15) is 6.61 Å². The molecule has 1 aliphatic heterocycles. The number of esters is 1. The van der Waals surface area contributed by atoms with Gasteiger partial charge in [0.25, 0.3) is 0 Å².